The number of hydrogen-bond acceptors (Lipinski definition) is 5. The highest BCUT2D eigenvalue weighted by molar-refractivity contribution is 5.78. The number of aryl methyl sites for hydroxylation is 1. The Kier molecular flexibility index (Phi) is 5.16. The van der Waals surface area contributed by atoms with Crippen LogP contribution in [0.1, 0.15) is 19.4 Å². The minimum Gasteiger partial charge on any atom is -0.494 e. The molecule has 0 aliphatic rings. The molecular formula is C25H23N5O4. The number of imidazole rings is 1. The highest BCUT2D eigenvalue weighted by atomic mass is 16.3. The lowest BCUT2D eigenvalue weighted by molar-refractivity contribution is 0.422. The first kappa shape index (κ1) is 21.4. The van der Waals surface area contributed by atoms with Crippen LogP contribution in [-0.4, -0.2) is 28.2 Å². The normalized spacial score (nSPS) is 11.5. The van der Waals surface area contributed by atoms with Crippen molar-refractivity contribution in [1.29, 1.82) is 0 Å². The van der Waals surface area contributed by atoms with Gasteiger partial charge < -0.3 is 5.11 Å². The summed E-state index contributed by atoms with van der Waals surface area (Å²) in [6, 6.07) is 18.2. The summed E-state index contributed by atoms with van der Waals surface area (Å²) < 4.78 is 5.19. The Morgan fingerprint density at radius 1 is 0.794 bits per heavy atom. The van der Waals surface area contributed by atoms with Crippen molar-refractivity contribution < 1.29 is 5.11 Å². The van der Waals surface area contributed by atoms with E-state index in [1.54, 1.807) is 38.1 Å². The fourth-order valence-corrected chi connectivity index (χ4v) is 4.37. The molecule has 0 fully saturated rings. The van der Waals surface area contributed by atoms with Crippen molar-refractivity contribution in [1.82, 2.24) is 23.1 Å². The summed E-state index contributed by atoms with van der Waals surface area (Å²) >= 11 is 0. The monoisotopic (exact) mass is 457 g/mol. The molecule has 9 nitrogen and oxygen atoms in total. The average molecular weight is 457 g/mol. The fourth-order valence-electron chi connectivity index (χ4n) is 4.37. The quantitative estimate of drug-likeness (QED) is 0.437. The van der Waals surface area contributed by atoms with Gasteiger partial charge in [0, 0.05) is 13.1 Å². The summed E-state index contributed by atoms with van der Waals surface area (Å²) in [5.41, 5.74) is -0.0868. The van der Waals surface area contributed by atoms with Crippen molar-refractivity contribution in [3.05, 3.63) is 97.4 Å². The maximum atomic E-state index is 13.8. The molecule has 0 bridgehead atoms. The maximum Gasteiger partial charge on any atom is 0.332 e. The lowest BCUT2D eigenvalue weighted by atomic mass is 10.1. The molecule has 0 spiro atoms. The Morgan fingerprint density at radius 2 is 1.41 bits per heavy atom. The number of rotatable bonds is 5. The first-order chi connectivity index (χ1) is 16.5. The van der Waals surface area contributed by atoms with Crippen molar-refractivity contribution in [2.24, 2.45) is 0 Å². The number of aromatic nitrogens is 5. The van der Waals surface area contributed by atoms with Gasteiger partial charge in [0.25, 0.3) is 11.1 Å². The van der Waals surface area contributed by atoms with Gasteiger partial charge in [-0.3, -0.25) is 23.3 Å². The van der Waals surface area contributed by atoms with Crippen molar-refractivity contribution >= 4 is 16.9 Å². The van der Waals surface area contributed by atoms with E-state index < -0.39 is 16.8 Å². The third-order valence-corrected chi connectivity index (χ3v) is 6.02. The van der Waals surface area contributed by atoms with Crippen molar-refractivity contribution in [3.8, 4) is 17.0 Å². The molecule has 172 valence electrons. The van der Waals surface area contributed by atoms with Crippen molar-refractivity contribution in [2.45, 2.75) is 33.5 Å². The highest BCUT2D eigenvalue weighted by Crippen LogP contribution is 2.28. The van der Waals surface area contributed by atoms with E-state index in [1.807, 2.05) is 36.4 Å². The third-order valence-electron chi connectivity index (χ3n) is 6.02. The second kappa shape index (κ2) is 8.18. The number of benzene rings is 2. The largest absolute Gasteiger partial charge is 0.494 e. The molecule has 3 aromatic heterocycles. The zero-order valence-electron chi connectivity index (χ0n) is 18.8. The number of fused-ring (bicyclic) bond motifs is 3. The van der Waals surface area contributed by atoms with Crippen molar-refractivity contribution in [2.75, 3.05) is 0 Å². The molecular weight excluding hydrogens is 434 g/mol. The SMILES string of the molecule is CCn1c(=O)c2c(nc3n(Cc4ccccc4)c(O)c(-c4ccccc4)c(=O)n23)n(CC)c1=O. The molecule has 0 unspecified atom stereocenters. The van der Waals surface area contributed by atoms with Gasteiger partial charge in [0.05, 0.1) is 6.54 Å². The van der Waals surface area contributed by atoms with Gasteiger partial charge in [0.15, 0.2) is 11.2 Å². The molecule has 0 saturated carbocycles. The van der Waals surface area contributed by atoms with Gasteiger partial charge in [0.2, 0.25) is 11.7 Å². The van der Waals surface area contributed by atoms with E-state index in [9.17, 15) is 19.5 Å². The van der Waals surface area contributed by atoms with Crippen LogP contribution >= 0.6 is 0 Å². The van der Waals surface area contributed by atoms with Crippen LogP contribution in [0.5, 0.6) is 5.88 Å². The number of aromatic hydroxyl groups is 1. The summed E-state index contributed by atoms with van der Waals surface area (Å²) in [6.07, 6.45) is 0. The second-order valence-corrected chi connectivity index (χ2v) is 7.94. The van der Waals surface area contributed by atoms with E-state index in [4.69, 9.17) is 0 Å². The van der Waals surface area contributed by atoms with Crippen molar-refractivity contribution in [3.63, 3.8) is 0 Å². The average Bonchev–Trinajstić information content (AvgIpc) is 3.25. The molecule has 3 heterocycles. The topological polar surface area (TPSA) is 104 Å². The Bertz CT molecular complexity index is 1710. The third kappa shape index (κ3) is 3.08. The lowest BCUT2D eigenvalue weighted by Crippen LogP contribution is -2.40. The van der Waals surface area contributed by atoms with E-state index in [2.05, 4.69) is 4.98 Å². The fraction of sp³-hybridized carbons (Fsp3) is 0.200. The molecule has 0 saturated heterocycles. The van der Waals surface area contributed by atoms with E-state index in [-0.39, 0.29) is 48.0 Å². The first-order valence-corrected chi connectivity index (χ1v) is 11.1. The van der Waals surface area contributed by atoms with E-state index >= 15 is 0 Å². The molecule has 34 heavy (non-hydrogen) atoms. The molecule has 0 amide bonds. The van der Waals surface area contributed by atoms with E-state index in [0.29, 0.717) is 5.56 Å². The summed E-state index contributed by atoms with van der Waals surface area (Å²) in [5.74, 6) is -0.169. The van der Waals surface area contributed by atoms with Gasteiger partial charge in [-0.05, 0) is 25.0 Å². The molecule has 0 aliphatic heterocycles. The molecule has 1 N–H and O–H groups in total. The Balaban J connectivity index is 2.02. The van der Waals surface area contributed by atoms with Crippen LogP contribution in [0.25, 0.3) is 28.1 Å². The predicted octanol–water partition coefficient (Wildman–Crippen LogP) is 2.43. The van der Waals surface area contributed by atoms with Gasteiger partial charge >= 0.3 is 5.69 Å². The Morgan fingerprint density at radius 3 is 2.03 bits per heavy atom. The van der Waals surface area contributed by atoms with Gasteiger partial charge in [-0.15, -0.1) is 0 Å². The zero-order chi connectivity index (χ0) is 24.0. The van der Waals surface area contributed by atoms with Crippen LogP contribution in [0.3, 0.4) is 0 Å². The molecule has 5 aromatic rings. The van der Waals surface area contributed by atoms with Gasteiger partial charge in [-0.1, -0.05) is 60.7 Å². The molecule has 9 heteroatoms. The Hall–Kier alpha value is -4.40. The van der Waals surface area contributed by atoms with Gasteiger partial charge in [-0.25, -0.2) is 9.20 Å². The van der Waals surface area contributed by atoms with Crippen LogP contribution in [0.15, 0.2) is 75.0 Å². The Labute approximate surface area is 193 Å². The first-order valence-electron chi connectivity index (χ1n) is 11.1. The van der Waals surface area contributed by atoms with E-state index in [1.165, 1.54) is 13.5 Å². The summed E-state index contributed by atoms with van der Waals surface area (Å²) in [7, 11) is 0. The molecule has 2 aromatic carbocycles. The molecule has 0 atom stereocenters. The predicted molar refractivity (Wildman–Crippen MR) is 129 cm³/mol. The number of nitrogens with zero attached hydrogens (tertiary/aromatic N) is 5. The van der Waals surface area contributed by atoms with Crippen LogP contribution in [-0.2, 0) is 19.6 Å². The van der Waals surface area contributed by atoms with Gasteiger partial charge in [0.1, 0.15) is 5.56 Å². The summed E-state index contributed by atoms with van der Waals surface area (Å²) in [4.78, 5) is 44.6. The standard InChI is InChI=1S/C25H23N5O4/c1-3-27-20-19(23(33)28(4-2)25(27)34)30-22(32)18(17-13-9-6-10-14-17)21(31)29(24(30)26-20)15-16-11-7-5-8-12-16/h5-14,31H,3-4,15H2,1-2H3. The van der Waals surface area contributed by atoms with Crippen LogP contribution in [0.2, 0.25) is 0 Å². The van der Waals surface area contributed by atoms with E-state index in [0.717, 1.165) is 10.1 Å². The second-order valence-electron chi connectivity index (χ2n) is 7.94. The summed E-state index contributed by atoms with van der Waals surface area (Å²) in [6.45, 7) is 4.11. The maximum absolute atomic E-state index is 13.8. The molecule has 0 radical (unpaired) electrons. The minimum absolute atomic E-state index is 0.0160. The van der Waals surface area contributed by atoms with Gasteiger partial charge in [-0.2, -0.15) is 4.98 Å². The molecule has 0 aliphatic carbocycles. The molecule has 5 rings (SSSR count). The zero-order valence-corrected chi connectivity index (χ0v) is 18.8. The number of hydrogen-bond donors (Lipinski definition) is 1. The lowest BCUT2D eigenvalue weighted by Gasteiger charge is -2.15. The highest BCUT2D eigenvalue weighted by Gasteiger charge is 2.25. The van der Waals surface area contributed by atoms with Crippen LogP contribution in [0.4, 0.5) is 0 Å². The smallest absolute Gasteiger partial charge is 0.332 e. The summed E-state index contributed by atoms with van der Waals surface area (Å²) in [5, 5.41) is 11.3. The van der Waals surface area contributed by atoms with Crippen LogP contribution < -0.4 is 16.8 Å². The van der Waals surface area contributed by atoms with Crippen LogP contribution in [0, 0.1) is 0 Å². The minimum atomic E-state index is -0.590.